The van der Waals surface area contributed by atoms with E-state index in [0.29, 0.717) is 6.61 Å². The number of ether oxygens (including phenoxy) is 1. The topological polar surface area (TPSA) is 46.5 Å². The van der Waals surface area contributed by atoms with E-state index in [4.69, 9.17) is 9.84 Å². The lowest BCUT2D eigenvalue weighted by Crippen LogP contribution is -2.20. The van der Waals surface area contributed by atoms with E-state index in [-0.39, 0.29) is 0 Å². The second kappa shape index (κ2) is 22.7. The SMILES string of the molecule is CCCCCCCCCCCCCCCCCCCCCCOC(C)C(=O)O. The van der Waals surface area contributed by atoms with Crippen molar-refractivity contribution in [2.24, 2.45) is 0 Å². The lowest BCUT2D eigenvalue weighted by molar-refractivity contribution is -0.149. The Morgan fingerprint density at radius 2 is 0.893 bits per heavy atom. The predicted octanol–water partition coefficient (Wildman–Crippen LogP) is 8.30. The van der Waals surface area contributed by atoms with Crippen molar-refractivity contribution in [1.29, 1.82) is 0 Å². The molecule has 1 atom stereocenters. The molecule has 0 spiro atoms. The predicted molar refractivity (Wildman–Crippen MR) is 121 cm³/mol. The van der Waals surface area contributed by atoms with Crippen molar-refractivity contribution in [3.63, 3.8) is 0 Å². The van der Waals surface area contributed by atoms with Crippen molar-refractivity contribution in [2.45, 2.75) is 148 Å². The van der Waals surface area contributed by atoms with E-state index in [1.807, 2.05) is 0 Å². The van der Waals surface area contributed by atoms with Gasteiger partial charge in [0.2, 0.25) is 0 Å². The van der Waals surface area contributed by atoms with Gasteiger partial charge in [-0.15, -0.1) is 0 Å². The van der Waals surface area contributed by atoms with Crippen LogP contribution in [0.3, 0.4) is 0 Å². The van der Waals surface area contributed by atoms with E-state index in [0.717, 1.165) is 12.8 Å². The molecule has 0 aliphatic heterocycles. The Balaban J connectivity index is 3.04. The van der Waals surface area contributed by atoms with E-state index in [1.165, 1.54) is 116 Å². The quantitative estimate of drug-likeness (QED) is 0.176. The van der Waals surface area contributed by atoms with Gasteiger partial charge in [-0.3, -0.25) is 0 Å². The van der Waals surface area contributed by atoms with Crippen LogP contribution in [0.2, 0.25) is 0 Å². The third-order valence-electron chi connectivity index (χ3n) is 5.71. The Morgan fingerprint density at radius 1 is 0.607 bits per heavy atom. The highest BCUT2D eigenvalue weighted by Gasteiger charge is 2.09. The summed E-state index contributed by atoms with van der Waals surface area (Å²) in [5.41, 5.74) is 0. The van der Waals surface area contributed by atoms with E-state index in [1.54, 1.807) is 6.92 Å². The van der Waals surface area contributed by atoms with E-state index >= 15 is 0 Å². The summed E-state index contributed by atoms with van der Waals surface area (Å²) < 4.78 is 5.24. The Bertz CT molecular complexity index is 317. The van der Waals surface area contributed by atoms with Gasteiger partial charge in [0.25, 0.3) is 0 Å². The molecule has 0 saturated heterocycles. The van der Waals surface area contributed by atoms with Crippen LogP contribution in [-0.2, 0) is 9.53 Å². The third kappa shape index (κ3) is 21.7. The molecular weight excluding hydrogens is 348 g/mol. The van der Waals surface area contributed by atoms with Crippen LogP contribution in [0.15, 0.2) is 0 Å². The number of hydrogen-bond donors (Lipinski definition) is 1. The molecule has 0 radical (unpaired) electrons. The average molecular weight is 399 g/mol. The van der Waals surface area contributed by atoms with Gasteiger partial charge in [0.15, 0.2) is 6.10 Å². The first kappa shape index (κ1) is 27.4. The highest BCUT2D eigenvalue weighted by Crippen LogP contribution is 2.14. The van der Waals surface area contributed by atoms with Crippen LogP contribution >= 0.6 is 0 Å². The third-order valence-corrected chi connectivity index (χ3v) is 5.71. The number of unbranched alkanes of at least 4 members (excludes halogenated alkanes) is 19. The van der Waals surface area contributed by atoms with E-state index in [9.17, 15) is 4.79 Å². The number of carboxylic acid groups (broad SMARTS) is 1. The normalized spacial score (nSPS) is 12.4. The summed E-state index contributed by atoms with van der Waals surface area (Å²) in [5.74, 6) is -0.867. The van der Waals surface area contributed by atoms with Gasteiger partial charge in [0, 0.05) is 6.61 Å². The molecule has 168 valence electrons. The summed E-state index contributed by atoms with van der Waals surface area (Å²) >= 11 is 0. The maximum Gasteiger partial charge on any atom is 0.332 e. The molecule has 0 saturated carbocycles. The highest BCUT2D eigenvalue weighted by atomic mass is 16.5. The number of carbonyl (C=O) groups is 1. The molecule has 3 heteroatoms. The van der Waals surface area contributed by atoms with Crippen LogP contribution < -0.4 is 0 Å². The summed E-state index contributed by atoms with van der Waals surface area (Å²) in [6.45, 7) is 4.46. The van der Waals surface area contributed by atoms with Gasteiger partial charge in [-0.05, 0) is 13.3 Å². The Kier molecular flexibility index (Phi) is 22.3. The molecule has 3 nitrogen and oxygen atoms in total. The summed E-state index contributed by atoms with van der Waals surface area (Å²) in [4.78, 5) is 10.6. The average Bonchev–Trinajstić information content (AvgIpc) is 2.68. The van der Waals surface area contributed by atoms with Gasteiger partial charge in [-0.25, -0.2) is 4.79 Å². The lowest BCUT2D eigenvalue weighted by atomic mass is 10.0. The van der Waals surface area contributed by atoms with Crippen LogP contribution in [0.1, 0.15) is 142 Å². The monoisotopic (exact) mass is 398 g/mol. The van der Waals surface area contributed by atoms with Gasteiger partial charge in [-0.2, -0.15) is 0 Å². The molecule has 0 heterocycles. The smallest absolute Gasteiger partial charge is 0.332 e. The fourth-order valence-electron chi connectivity index (χ4n) is 3.69. The van der Waals surface area contributed by atoms with Crippen LogP contribution in [0.5, 0.6) is 0 Å². The maximum absolute atomic E-state index is 10.6. The zero-order valence-corrected chi connectivity index (χ0v) is 19.2. The van der Waals surface area contributed by atoms with Crippen LogP contribution in [0.4, 0.5) is 0 Å². The first-order valence-corrected chi connectivity index (χ1v) is 12.5. The van der Waals surface area contributed by atoms with Crippen molar-refractivity contribution in [3.8, 4) is 0 Å². The minimum absolute atomic E-state index is 0.576. The van der Waals surface area contributed by atoms with Crippen LogP contribution in [0, 0.1) is 0 Å². The Morgan fingerprint density at radius 3 is 1.18 bits per heavy atom. The maximum atomic E-state index is 10.6. The molecule has 1 unspecified atom stereocenters. The Labute approximate surface area is 176 Å². The fraction of sp³-hybridized carbons (Fsp3) is 0.960. The highest BCUT2D eigenvalue weighted by molar-refractivity contribution is 5.71. The second-order valence-corrected chi connectivity index (χ2v) is 8.57. The van der Waals surface area contributed by atoms with Gasteiger partial charge in [0.05, 0.1) is 0 Å². The summed E-state index contributed by atoms with van der Waals surface area (Å²) in [6.07, 6.45) is 26.8. The second-order valence-electron chi connectivity index (χ2n) is 8.57. The lowest BCUT2D eigenvalue weighted by Gasteiger charge is -2.07. The molecule has 0 aromatic heterocycles. The standard InChI is InChI=1S/C25H50O3/c1-3-4-5-6-7-8-9-10-11-12-13-14-15-16-17-18-19-20-21-22-23-28-24(2)25(26)27/h24H,3-23H2,1-2H3,(H,26,27). The molecule has 0 aromatic carbocycles. The van der Waals surface area contributed by atoms with Crippen LogP contribution in [0.25, 0.3) is 0 Å². The van der Waals surface area contributed by atoms with Gasteiger partial charge >= 0.3 is 5.97 Å². The summed E-state index contributed by atoms with van der Waals surface area (Å²) in [5, 5.41) is 8.72. The molecule has 0 fully saturated rings. The molecular formula is C25H50O3. The first-order valence-electron chi connectivity index (χ1n) is 12.5. The van der Waals surface area contributed by atoms with E-state index < -0.39 is 12.1 Å². The Hall–Kier alpha value is -0.570. The number of aliphatic carboxylic acids is 1. The van der Waals surface area contributed by atoms with Gasteiger partial charge in [-0.1, -0.05) is 129 Å². The molecule has 0 aliphatic carbocycles. The largest absolute Gasteiger partial charge is 0.479 e. The van der Waals surface area contributed by atoms with Gasteiger partial charge < -0.3 is 9.84 Å². The zero-order chi connectivity index (χ0) is 20.7. The van der Waals surface area contributed by atoms with Crippen molar-refractivity contribution in [2.75, 3.05) is 6.61 Å². The van der Waals surface area contributed by atoms with Crippen molar-refractivity contribution < 1.29 is 14.6 Å². The van der Waals surface area contributed by atoms with Crippen molar-refractivity contribution in [3.05, 3.63) is 0 Å². The summed E-state index contributed by atoms with van der Waals surface area (Å²) in [6, 6.07) is 0. The number of carboxylic acids is 1. The molecule has 0 rings (SSSR count). The molecule has 0 amide bonds. The fourth-order valence-corrected chi connectivity index (χ4v) is 3.69. The zero-order valence-electron chi connectivity index (χ0n) is 19.2. The van der Waals surface area contributed by atoms with Crippen molar-refractivity contribution in [1.82, 2.24) is 0 Å². The summed E-state index contributed by atoms with van der Waals surface area (Å²) in [7, 11) is 0. The molecule has 0 aromatic rings. The molecule has 0 aliphatic rings. The number of rotatable bonds is 23. The number of hydrogen-bond acceptors (Lipinski definition) is 2. The van der Waals surface area contributed by atoms with Gasteiger partial charge in [0.1, 0.15) is 0 Å². The van der Waals surface area contributed by atoms with E-state index in [2.05, 4.69) is 6.92 Å². The minimum Gasteiger partial charge on any atom is -0.479 e. The molecule has 28 heavy (non-hydrogen) atoms. The molecule has 1 N–H and O–H groups in total. The minimum atomic E-state index is -0.867. The van der Waals surface area contributed by atoms with Crippen molar-refractivity contribution >= 4 is 5.97 Å². The first-order chi connectivity index (χ1) is 13.7. The molecule has 0 bridgehead atoms. The van der Waals surface area contributed by atoms with Crippen LogP contribution in [-0.4, -0.2) is 23.8 Å².